The molecular formula is C13H22N2O3. The number of rotatable bonds is 3. The summed E-state index contributed by atoms with van der Waals surface area (Å²) in [6.45, 7) is 3.92. The van der Waals surface area contributed by atoms with Crippen LogP contribution in [0.1, 0.15) is 39.0 Å². The standard InChI is InChI=1S/C13H22N2O3/c1-2-18-13(17)11-6-4-8-15(11)10-5-3-7-14-12(16)9-10/h10-11H,2-9H2,1H3,(H,14,16). The summed E-state index contributed by atoms with van der Waals surface area (Å²) in [7, 11) is 0. The van der Waals surface area contributed by atoms with Gasteiger partial charge in [-0.15, -0.1) is 0 Å². The lowest BCUT2D eigenvalue weighted by atomic mass is 10.1. The number of carbonyl (C=O) groups excluding carboxylic acids is 2. The molecule has 5 nitrogen and oxygen atoms in total. The number of esters is 1. The summed E-state index contributed by atoms with van der Waals surface area (Å²) in [6, 6.07) is 0.0604. The van der Waals surface area contributed by atoms with Crippen LogP contribution in [0.15, 0.2) is 0 Å². The van der Waals surface area contributed by atoms with Crippen LogP contribution in [0.25, 0.3) is 0 Å². The van der Waals surface area contributed by atoms with Crippen molar-refractivity contribution >= 4 is 11.9 Å². The fourth-order valence-corrected chi connectivity index (χ4v) is 2.95. The summed E-state index contributed by atoms with van der Waals surface area (Å²) in [6.07, 6.45) is 4.35. The maximum Gasteiger partial charge on any atom is 0.323 e. The predicted molar refractivity (Wildman–Crippen MR) is 67.0 cm³/mol. The van der Waals surface area contributed by atoms with Gasteiger partial charge in [0.15, 0.2) is 0 Å². The van der Waals surface area contributed by atoms with E-state index in [0.29, 0.717) is 13.0 Å². The number of nitrogens with one attached hydrogen (secondary N) is 1. The van der Waals surface area contributed by atoms with Crippen LogP contribution in [0.3, 0.4) is 0 Å². The normalized spacial score (nSPS) is 29.7. The molecule has 2 saturated heterocycles. The van der Waals surface area contributed by atoms with E-state index in [2.05, 4.69) is 10.2 Å². The molecule has 0 saturated carbocycles. The highest BCUT2D eigenvalue weighted by atomic mass is 16.5. The molecule has 2 heterocycles. The highest BCUT2D eigenvalue weighted by molar-refractivity contribution is 5.78. The SMILES string of the molecule is CCOC(=O)C1CCCN1C1CCCNC(=O)C1. The van der Waals surface area contributed by atoms with Gasteiger partial charge in [0, 0.05) is 19.0 Å². The van der Waals surface area contributed by atoms with Gasteiger partial charge in [-0.25, -0.2) is 0 Å². The Balaban J connectivity index is 2.01. The molecule has 102 valence electrons. The number of amides is 1. The Bertz CT molecular complexity index is 319. The maximum atomic E-state index is 11.9. The smallest absolute Gasteiger partial charge is 0.323 e. The minimum Gasteiger partial charge on any atom is -0.465 e. The van der Waals surface area contributed by atoms with Gasteiger partial charge >= 0.3 is 5.97 Å². The first kappa shape index (κ1) is 13.3. The Hall–Kier alpha value is -1.10. The first-order chi connectivity index (χ1) is 8.72. The number of hydrogen-bond donors (Lipinski definition) is 1. The van der Waals surface area contributed by atoms with E-state index in [1.54, 1.807) is 0 Å². The van der Waals surface area contributed by atoms with Crippen molar-refractivity contribution in [1.82, 2.24) is 10.2 Å². The van der Waals surface area contributed by atoms with Crippen LogP contribution in [-0.4, -0.2) is 48.6 Å². The molecule has 0 aromatic carbocycles. The summed E-state index contributed by atoms with van der Waals surface area (Å²) >= 11 is 0. The van der Waals surface area contributed by atoms with Gasteiger partial charge in [0.1, 0.15) is 6.04 Å². The second-order valence-electron chi connectivity index (χ2n) is 5.00. The van der Waals surface area contributed by atoms with Gasteiger partial charge in [-0.05, 0) is 39.2 Å². The molecule has 0 bridgehead atoms. The molecule has 2 fully saturated rings. The minimum absolute atomic E-state index is 0.104. The third-order valence-electron chi connectivity index (χ3n) is 3.78. The third kappa shape index (κ3) is 3.02. The van der Waals surface area contributed by atoms with Crippen LogP contribution in [0, 0.1) is 0 Å². The van der Waals surface area contributed by atoms with E-state index in [-0.39, 0.29) is 24.0 Å². The fourth-order valence-electron chi connectivity index (χ4n) is 2.95. The second kappa shape index (κ2) is 6.18. The molecule has 2 aliphatic rings. The molecular weight excluding hydrogens is 232 g/mol. The van der Waals surface area contributed by atoms with Crippen LogP contribution in [-0.2, 0) is 14.3 Å². The van der Waals surface area contributed by atoms with Gasteiger partial charge in [-0.1, -0.05) is 0 Å². The molecule has 2 rings (SSSR count). The van der Waals surface area contributed by atoms with Crippen molar-refractivity contribution < 1.29 is 14.3 Å². The van der Waals surface area contributed by atoms with E-state index in [0.717, 1.165) is 38.8 Å². The Labute approximate surface area is 108 Å². The van der Waals surface area contributed by atoms with E-state index in [1.807, 2.05) is 6.92 Å². The quantitative estimate of drug-likeness (QED) is 0.753. The van der Waals surface area contributed by atoms with E-state index in [9.17, 15) is 9.59 Å². The van der Waals surface area contributed by atoms with Crippen molar-refractivity contribution in [3.63, 3.8) is 0 Å². The lowest BCUT2D eigenvalue weighted by Crippen LogP contribution is -2.45. The largest absolute Gasteiger partial charge is 0.465 e. The topological polar surface area (TPSA) is 58.6 Å². The molecule has 2 unspecified atom stereocenters. The molecule has 0 radical (unpaired) electrons. The Morgan fingerprint density at radius 2 is 2.28 bits per heavy atom. The zero-order chi connectivity index (χ0) is 13.0. The first-order valence-corrected chi connectivity index (χ1v) is 6.91. The average Bonchev–Trinajstić information content (AvgIpc) is 2.73. The lowest BCUT2D eigenvalue weighted by molar-refractivity contribution is -0.149. The van der Waals surface area contributed by atoms with Gasteiger partial charge in [-0.2, -0.15) is 0 Å². The zero-order valence-corrected chi connectivity index (χ0v) is 11.0. The number of likely N-dealkylation sites (tertiary alicyclic amines) is 1. The Morgan fingerprint density at radius 1 is 1.44 bits per heavy atom. The predicted octanol–water partition coefficient (Wildman–Crippen LogP) is 0.683. The molecule has 1 amide bonds. The van der Waals surface area contributed by atoms with Gasteiger partial charge in [0.2, 0.25) is 5.91 Å². The van der Waals surface area contributed by atoms with Gasteiger partial charge in [0.05, 0.1) is 6.61 Å². The number of ether oxygens (including phenoxy) is 1. The van der Waals surface area contributed by atoms with Crippen molar-refractivity contribution in [2.45, 2.75) is 51.1 Å². The molecule has 1 N–H and O–H groups in total. The minimum atomic E-state index is -0.138. The van der Waals surface area contributed by atoms with Gasteiger partial charge in [-0.3, -0.25) is 14.5 Å². The molecule has 2 aliphatic heterocycles. The highest BCUT2D eigenvalue weighted by Crippen LogP contribution is 2.25. The molecule has 0 spiro atoms. The highest BCUT2D eigenvalue weighted by Gasteiger charge is 2.37. The number of hydrogen-bond acceptors (Lipinski definition) is 4. The maximum absolute atomic E-state index is 11.9. The third-order valence-corrected chi connectivity index (χ3v) is 3.78. The second-order valence-corrected chi connectivity index (χ2v) is 5.00. The van der Waals surface area contributed by atoms with Crippen molar-refractivity contribution in [3.8, 4) is 0 Å². The van der Waals surface area contributed by atoms with Crippen molar-refractivity contribution in [1.29, 1.82) is 0 Å². The van der Waals surface area contributed by atoms with Crippen LogP contribution in [0.2, 0.25) is 0 Å². The summed E-state index contributed by atoms with van der Waals surface area (Å²) in [5, 5.41) is 2.89. The average molecular weight is 254 g/mol. The summed E-state index contributed by atoms with van der Waals surface area (Å²) in [5.74, 6) is -0.0216. The van der Waals surface area contributed by atoms with Crippen LogP contribution in [0.5, 0.6) is 0 Å². The first-order valence-electron chi connectivity index (χ1n) is 6.91. The fraction of sp³-hybridized carbons (Fsp3) is 0.846. The van der Waals surface area contributed by atoms with E-state index >= 15 is 0 Å². The Morgan fingerprint density at radius 3 is 3.06 bits per heavy atom. The van der Waals surface area contributed by atoms with Gasteiger partial charge < -0.3 is 10.1 Å². The summed E-state index contributed by atoms with van der Waals surface area (Å²) in [4.78, 5) is 25.7. The van der Waals surface area contributed by atoms with E-state index in [1.165, 1.54) is 0 Å². The summed E-state index contributed by atoms with van der Waals surface area (Å²) in [5.41, 5.74) is 0. The van der Waals surface area contributed by atoms with Crippen molar-refractivity contribution in [2.24, 2.45) is 0 Å². The van der Waals surface area contributed by atoms with Crippen LogP contribution < -0.4 is 5.32 Å². The summed E-state index contributed by atoms with van der Waals surface area (Å²) < 4.78 is 5.12. The van der Waals surface area contributed by atoms with E-state index < -0.39 is 0 Å². The lowest BCUT2D eigenvalue weighted by Gasteiger charge is -2.30. The van der Waals surface area contributed by atoms with Crippen LogP contribution in [0.4, 0.5) is 0 Å². The monoisotopic (exact) mass is 254 g/mol. The zero-order valence-electron chi connectivity index (χ0n) is 11.0. The molecule has 0 aromatic rings. The molecule has 5 heteroatoms. The molecule has 0 aliphatic carbocycles. The van der Waals surface area contributed by atoms with Crippen molar-refractivity contribution in [3.05, 3.63) is 0 Å². The Kier molecular flexibility index (Phi) is 4.58. The van der Waals surface area contributed by atoms with Crippen molar-refractivity contribution in [2.75, 3.05) is 19.7 Å². The van der Waals surface area contributed by atoms with E-state index in [4.69, 9.17) is 4.74 Å². The number of nitrogens with zero attached hydrogens (tertiary/aromatic N) is 1. The number of carbonyl (C=O) groups is 2. The molecule has 18 heavy (non-hydrogen) atoms. The molecule has 2 atom stereocenters. The molecule has 0 aromatic heterocycles. The van der Waals surface area contributed by atoms with Gasteiger partial charge in [0.25, 0.3) is 0 Å². The van der Waals surface area contributed by atoms with Crippen LogP contribution >= 0.6 is 0 Å².